The Kier molecular flexibility index (Phi) is 4.27. The number of rotatable bonds is 4. The largest absolute Gasteiger partial charge is 0.319 e. The Bertz CT molecular complexity index is 809. The summed E-state index contributed by atoms with van der Waals surface area (Å²) >= 11 is 7.57. The molecule has 0 atom stereocenters. The zero-order valence-electron chi connectivity index (χ0n) is 11.9. The van der Waals surface area contributed by atoms with Crippen molar-refractivity contribution in [2.75, 3.05) is 5.32 Å². The zero-order valence-corrected chi connectivity index (χ0v) is 13.5. The third-order valence-electron chi connectivity index (χ3n) is 3.25. The second kappa shape index (κ2) is 6.34. The van der Waals surface area contributed by atoms with E-state index in [1.807, 2.05) is 42.6 Å². The van der Waals surface area contributed by atoms with Crippen LogP contribution in [0.2, 0.25) is 5.02 Å². The van der Waals surface area contributed by atoms with Gasteiger partial charge < -0.3 is 5.32 Å². The fraction of sp³-hybridized carbons (Fsp3) is 0.125. The predicted molar refractivity (Wildman–Crippen MR) is 89.8 cm³/mol. The van der Waals surface area contributed by atoms with E-state index in [4.69, 9.17) is 11.6 Å². The number of thiophene rings is 1. The fourth-order valence-electron chi connectivity index (χ4n) is 2.11. The molecule has 1 N–H and O–H groups in total. The van der Waals surface area contributed by atoms with Crippen molar-refractivity contribution in [2.45, 2.75) is 13.5 Å². The molecule has 3 aromatic rings. The van der Waals surface area contributed by atoms with Crippen LogP contribution in [0.25, 0.3) is 0 Å². The molecule has 0 aliphatic rings. The van der Waals surface area contributed by atoms with E-state index in [0.717, 1.165) is 16.0 Å². The highest BCUT2D eigenvalue weighted by Gasteiger charge is 2.11. The summed E-state index contributed by atoms with van der Waals surface area (Å²) in [7, 11) is 0. The fourth-order valence-corrected chi connectivity index (χ4v) is 3.12. The van der Waals surface area contributed by atoms with Gasteiger partial charge in [-0.25, -0.2) is 0 Å². The van der Waals surface area contributed by atoms with Crippen molar-refractivity contribution in [2.24, 2.45) is 0 Å². The highest BCUT2D eigenvalue weighted by molar-refractivity contribution is 7.12. The van der Waals surface area contributed by atoms with Gasteiger partial charge in [0, 0.05) is 11.2 Å². The van der Waals surface area contributed by atoms with E-state index in [2.05, 4.69) is 10.4 Å². The number of carbonyl (C=O) groups excluding carboxylic acids is 1. The highest BCUT2D eigenvalue weighted by Crippen LogP contribution is 2.19. The third-order valence-corrected chi connectivity index (χ3v) is 4.63. The van der Waals surface area contributed by atoms with Gasteiger partial charge in [0.1, 0.15) is 0 Å². The molecule has 112 valence electrons. The van der Waals surface area contributed by atoms with E-state index in [1.54, 1.807) is 17.1 Å². The summed E-state index contributed by atoms with van der Waals surface area (Å²) in [5.41, 5.74) is 2.63. The molecule has 0 unspecified atom stereocenters. The normalized spacial score (nSPS) is 10.6. The summed E-state index contributed by atoms with van der Waals surface area (Å²) in [6, 6.07) is 9.57. The summed E-state index contributed by atoms with van der Waals surface area (Å²) < 4.78 is 1.75. The van der Waals surface area contributed by atoms with E-state index < -0.39 is 0 Å². The van der Waals surface area contributed by atoms with E-state index in [1.165, 1.54) is 11.3 Å². The second-order valence-corrected chi connectivity index (χ2v) is 6.23. The van der Waals surface area contributed by atoms with Gasteiger partial charge in [-0.15, -0.1) is 11.3 Å². The minimum absolute atomic E-state index is 0.107. The second-order valence-electron chi connectivity index (χ2n) is 4.90. The molecule has 22 heavy (non-hydrogen) atoms. The van der Waals surface area contributed by atoms with Gasteiger partial charge in [0.05, 0.1) is 23.3 Å². The Balaban J connectivity index is 1.70. The number of aryl methyl sites for hydroxylation is 1. The van der Waals surface area contributed by atoms with E-state index >= 15 is 0 Å². The maximum absolute atomic E-state index is 12.2. The quantitative estimate of drug-likeness (QED) is 0.778. The molecule has 0 saturated carbocycles. The van der Waals surface area contributed by atoms with Gasteiger partial charge in [0.15, 0.2) is 0 Å². The number of anilines is 1. The van der Waals surface area contributed by atoms with Crippen LogP contribution in [0.3, 0.4) is 0 Å². The van der Waals surface area contributed by atoms with E-state index in [9.17, 15) is 4.79 Å². The van der Waals surface area contributed by atoms with Crippen molar-refractivity contribution in [3.05, 3.63) is 69.1 Å². The first-order chi connectivity index (χ1) is 10.6. The predicted octanol–water partition coefficient (Wildman–Crippen LogP) is 4.21. The summed E-state index contributed by atoms with van der Waals surface area (Å²) in [5.74, 6) is -0.107. The molecule has 1 aromatic carbocycles. The van der Waals surface area contributed by atoms with Crippen LogP contribution in [-0.2, 0) is 6.54 Å². The molecule has 0 aliphatic carbocycles. The number of aromatic nitrogens is 2. The number of amides is 1. The van der Waals surface area contributed by atoms with Gasteiger partial charge in [-0.05, 0) is 35.6 Å². The molecule has 0 saturated heterocycles. The molecule has 0 fully saturated rings. The average Bonchev–Trinajstić information content (AvgIpc) is 3.10. The van der Waals surface area contributed by atoms with Crippen molar-refractivity contribution < 1.29 is 4.79 Å². The van der Waals surface area contributed by atoms with E-state index in [-0.39, 0.29) is 5.91 Å². The maximum atomic E-state index is 12.2. The molecule has 0 spiro atoms. The molecule has 3 rings (SSSR count). The maximum Gasteiger partial charge on any atom is 0.266 e. The van der Waals surface area contributed by atoms with Gasteiger partial charge >= 0.3 is 0 Å². The topological polar surface area (TPSA) is 46.9 Å². The Morgan fingerprint density at radius 3 is 2.91 bits per heavy atom. The Labute approximate surface area is 137 Å². The van der Waals surface area contributed by atoms with Crippen LogP contribution in [-0.4, -0.2) is 15.7 Å². The van der Waals surface area contributed by atoms with Crippen molar-refractivity contribution in [1.82, 2.24) is 9.78 Å². The summed E-state index contributed by atoms with van der Waals surface area (Å²) in [6.07, 6.45) is 3.43. The molecule has 0 radical (unpaired) electrons. The molecule has 6 heteroatoms. The molecular weight excluding hydrogens is 318 g/mol. The minimum Gasteiger partial charge on any atom is -0.319 e. The van der Waals surface area contributed by atoms with Crippen LogP contribution in [0.15, 0.2) is 48.1 Å². The number of hydrogen-bond acceptors (Lipinski definition) is 3. The first kappa shape index (κ1) is 14.8. The number of nitrogens with zero attached hydrogens (tertiary/aromatic N) is 2. The number of carbonyl (C=O) groups is 1. The third kappa shape index (κ3) is 3.21. The van der Waals surface area contributed by atoms with Crippen LogP contribution in [0.1, 0.15) is 20.8 Å². The van der Waals surface area contributed by atoms with Crippen molar-refractivity contribution in [3.8, 4) is 0 Å². The molecule has 2 heterocycles. The number of halogens is 1. The molecule has 2 aromatic heterocycles. The lowest BCUT2D eigenvalue weighted by Crippen LogP contribution is -2.10. The van der Waals surface area contributed by atoms with Crippen LogP contribution >= 0.6 is 22.9 Å². The number of nitrogens with one attached hydrogen (secondary N) is 1. The smallest absolute Gasteiger partial charge is 0.266 e. The Morgan fingerprint density at radius 2 is 2.18 bits per heavy atom. The van der Waals surface area contributed by atoms with Gasteiger partial charge in [-0.3, -0.25) is 9.48 Å². The van der Waals surface area contributed by atoms with Crippen molar-refractivity contribution in [3.63, 3.8) is 0 Å². The van der Waals surface area contributed by atoms with Gasteiger partial charge in [0.25, 0.3) is 5.91 Å². The monoisotopic (exact) mass is 331 g/mol. The summed E-state index contributed by atoms with van der Waals surface area (Å²) in [4.78, 5) is 12.9. The number of benzene rings is 1. The summed E-state index contributed by atoms with van der Waals surface area (Å²) in [6.45, 7) is 2.49. The summed E-state index contributed by atoms with van der Waals surface area (Å²) in [5, 5.41) is 9.73. The van der Waals surface area contributed by atoms with Gasteiger partial charge in [-0.1, -0.05) is 29.8 Å². The zero-order chi connectivity index (χ0) is 15.5. The lowest BCUT2D eigenvalue weighted by molar-refractivity contribution is 0.103. The lowest BCUT2D eigenvalue weighted by atomic mass is 10.2. The van der Waals surface area contributed by atoms with Gasteiger partial charge in [-0.2, -0.15) is 5.10 Å². The Hall–Kier alpha value is -2.11. The molecule has 0 aliphatic heterocycles. The first-order valence-electron chi connectivity index (χ1n) is 6.75. The Morgan fingerprint density at radius 1 is 1.36 bits per heavy atom. The van der Waals surface area contributed by atoms with Crippen LogP contribution in [0, 0.1) is 6.92 Å². The standard InChI is InChI=1S/C16H14ClN3OS/c1-11-6-7-22-15(11)16(21)19-13-8-18-20(10-13)9-12-4-2-3-5-14(12)17/h2-8,10H,9H2,1H3,(H,19,21). The molecule has 1 amide bonds. The molecular formula is C16H14ClN3OS. The highest BCUT2D eigenvalue weighted by atomic mass is 35.5. The molecule has 4 nitrogen and oxygen atoms in total. The van der Waals surface area contributed by atoms with Crippen LogP contribution < -0.4 is 5.32 Å². The first-order valence-corrected chi connectivity index (χ1v) is 8.00. The number of hydrogen-bond donors (Lipinski definition) is 1. The van der Waals surface area contributed by atoms with Crippen molar-refractivity contribution >= 4 is 34.5 Å². The van der Waals surface area contributed by atoms with Crippen LogP contribution in [0.5, 0.6) is 0 Å². The van der Waals surface area contributed by atoms with Crippen molar-refractivity contribution in [1.29, 1.82) is 0 Å². The van der Waals surface area contributed by atoms with Gasteiger partial charge in [0.2, 0.25) is 0 Å². The SMILES string of the molecule is Cc1ccsc1C(=O)Nc1cnn(Cc2ccccc2Cl)c1. The molecule has 0 bridgehead atoms. The minimum atomic E-state index is -0.107. The van der Waals surface area contributed by atoms with E-state index in [0.29, 0.717) is 17.3 Å². The lowest BCUT2D eigenvalue weighted by Gasteiger charge is -2.04. The van der Waals surface area contributed by atoms with Crippen LogP contribution in [0.4, 0.5) is 5.69 Å². The average molecular weight is 332 g/mol.